The third-order valence-corrected chi connectivity index (χ3v) is 9.22. The van der Waals surface area contributed by atoms with Gasteiger partial charge in [0.25, 0.3) is 0 Å². The molecular formula is C23H30N2O5S. The number of sulfonamides is 1. The molecule has 0 aliphatic heterocycles. The molecule has 0 radical (unpaired) electrons. The smallest absolute Gasteiger partial charge is 0.236 e. The predicted molar refractivity (Wildman–Crippen MR) is 117 cm³/mol. The fourth-order valence-corrected chi connectivity index (χ4v) is 7.60. The zero-order chi connectivity index (χ0) is 21.2. The van der Waals surface area contributed by atoms with Crippen LogP contribution in [0.1, 0.15) is 56.4 Å². The van der Waals surface area contributed by atoms with Crippen molar-refractivity contribution in [2.45, 2.75) is 50.9 Å². The number of benzene rings is 1. The Bertz CT molecular complexity index is 1090. The van der Waals surface area contributed by atoms with Crippen LogP contribution < -0.4 is 9.46 Å². The SMILES string of the molecule is COCCS(=O)(=O)Nc1noc2cc(OCC34CC5CC(C3)C(C5)C4)c(C3CC3)cc12. The minimum Gasteiger partial charge on any atom is -0.493 e. The summed E-state index contributed by atoms with van der Waals surface area (Å²) in [5.74, 6) is 4.24. The van der Waals surface area contributed by atoms with Gasteiger partial charge in [-0.2, -0.15) is 0 Å². The van der Waals surface area contributed by atoms with Gasteiger partial charge in [-0.05, 0) is 80.2 Å². The van der Waals surface area contributed by atoms with Gasteiger partial charge in [0.15, 0.2) is 11.4 Å². The maximum atomic E-state index is 12.3. The second-order valence-corrected chi connectivity index (χ2v) is 12.2. The summed E-state index contributed by atoms with van der Waals surface area (Å²) < 4.78 is 44.0. The van der Waals surface area contributed by atoms with Crippen molar-refractivity contribution in [2.24, 2.45) is 23.2 Å². The Morgan fingerprint density at radius 2 is 1.97 bits per heavy atom. The van der Waals surface area contributed by atoms with Crippen LogP contribution in [0.25, 0.3) is 11.0 Å². The van der Waals surface area contributed by atoms with E-state index in [0.717, 1.165) is 48.5 Å². The van der Waals surface area contributed by atoms with Crippen molar-refractivity contribution in [1.29, 1.82) is 0 Å². The summed E-state index contributed by atoms with van der Waals surface area (Å²) in [6.07, 6.45) is 9.12. The molecule has 1 N–H and O–H groups in total. The van der Waals surface area contributed by atoms with Crippen molar-refractivity contribution in [3.63, 3.8) is 0 Å². The molecular weight excluding hydrogens is 416 g/mol. The summed E-state index contributed by atoms with van der Waals surface area (Å²) >= 11 is 0. The van der Waals surface area contributed by atoms with Gasteiger partial charge in [0.1, 0.15) is 5.75 Å². The highest BCUT2D eigenvalue weighted by molar-refractivity contribution is 7.92. The zero-order valence-electron chi connectivity index (χ0n) is 17.9. The van der Waals surface area contributed by atoms with E-state index in [4.69, 9.17) is 14.0 Å². The monoisotopic (exact) mass is 446 g/mol. The van der Waals surface area contributed by atoms with E-state index in [1.165, 1.54) is 39.2 Å². The largest absolute Gasteiger partial charge is 0.493 e. The molecule has 2 unspecified atom stereocenters. The number of nitrogens with one attached hydrogen (secondary N) is 1. The molecule has 7 nitrogen and oxygen atoms in total. The number of hydrogen-bond acceptors (Lipinski definition) is 6. The Labute approximate surface area is 182 Å². The van der Waals surface area contributed by atoms with E-state index in [9.17, 15) is 8.42 Å². The highest BCUT2D eigenvalue weighted by Crippen LogP contribution is 2.64. The van der Waals surface area contributed by atoms with Gasteiger partial charge in [-0.3, -0.25) is 4.72 Å². The molecule has 7 rings (SSSR count). The van der Waals surface area contributed by atoms with Crippen molar-refractivity contribution >= 4 is 26.8 Å². The lowest BCUT2D eigenvalue weighted by Crippen LogP contribution is -2.33. The van der Waals surface area contributed by atoms with Crippen LogP contribution in [0, 0.1) is 23.2 Å². The van der Waals surface area contributed by atoms with Crippen molar-refractivity contribution < 1.29 is 22.4 Å². The molecule has 1 aromatic heterocycles. The lowest BCUT2D eigenvalue weighted by Gasteiger charge is -2.38. The average molecular weight is 447 g/mol. The quantitative estimate of drug-likeness (QED) is 0.618. The second-order valence-electron chi connectivity index (χ2n) is 10.4. The number of aromatic nitrogens is 1. The number of hydrogen-bond donors (Lipinski definition) is 1. The lowest BCUT2D eigenvalue weighted by atomic mass is 9.70. The van der Waals surface area contributed by atoms with Crippen LogP contribution in [0.5, 0.6) is 5.75 Å². The lowest BCUT2D eigenvalue weighted by molar-refractivity contribution is 0.0739. The van der Waals surface area contributed by atoms with E-state index < -0.39 is 10.0 Å². The number of anilines is 1. The molecule has 4 bridgehead atoms. The number of rotatable bonds is 9. The highest BCUT2D eigenvalue weighted by atomic mass is 32.2. The maximum Gasteiger partial charge on any atom is 0.236 e. The summed E-state index contributed by atoms with van der Waals surface area (Å²) in [6.45, 7) is 0.910. The van der Waals surface area contributed by atoms with Crippen molar-refractivity contribution in [1.82, 2.24) is 5.16 Å². The molecule has 5 saturated carbocycles. The van der Waals surface area contributed by atoms with Gasteiger partial charge < -0.3 is 14.0 Å². The first-order valence-electron chi connectivity index (χ1n) is 11.5. The van der Waals surface area contributed by atoms with Crippen LogP contribution in [0.4, 0.5) is 5.82 Å². The first kappa shape index (κ1) is 19.9. The van der Waals surface area contributed by atoms with E-state index in [1.54, 1.807) is 0 Å². The molecule has 31 heavy (non-hydrogen) atoms. The van der Waals surface area contributed by atoms with E-state index in [1.807, 2.05) is 12.1 Å². The molecule has 5 fully saturated rings. The van der Waals surface area contributed by atoms with Gasteiger partial charge in [0, 0.05) is 18.6 Å². The summed E-state index contributed by atoms with van der Waals surface area (Å²) in [6, 6.07) is 3.93. The van der Waals surface area contributed by atoms with Crippen molar-refractivity contribution in [3.05, 3.63) is 17.7 Å². The van der Waals surface area contributed by atoms with Crippen LogP contribution in [0.15, 0.2) is 16.7 Å². The van der Waals surface area contributed by atoms with Crippen LogP contribution >= 0.6 is 0 Å². The van der Waals surface area contributed by atoms with Crippen LogP contribution in [0.2, 0.25) is 0 Å². The molecule has 0 amide bonds. The molecule has 0 saturated heterocycles. The summed E-state index contributed by atoms with van der Waals surface area (Å²) in [4.78, 5) is 0. The Balaban J connectivity index is 1.25. The average Bonchev–Trinajstić information content (AvgIpc) is 3.40. The maximum absolute atomic E-state index is 12.3. The van der Waals surface area contributed by atoms with E-state index in [-0.39, 0.29) is 18.2 Å². The van der Waals surface area contributed by atoms with Crippen molar-refractivity contribution in [2.75, 3.05) is 30.8 Å². The number of nitrogens with zero attached hydrogens (tertiary/aromatic N) is 1. The predicted octanol–water partition coefficient (Wildman–Crippen LogP) is 4.30. The Morgan fingerprint density at radius 3 is 2.65 bits per heavy atom. The molecule has 1 aromatic carbocycles. The van der Waals surface area contributed by atoms with Crippen LogP contribution in [-0.2, 0) is 14.8 Å². The van der Waals surface area contributed by atoms with Gasteiger partial charge in [0.05, 0.1) is 24.4 Å². The minimum absolute atomic E-state index is 0.125. The third-order valence-electron chi connectivity index (χ3n) is 8.01. The Kier molecular flexibility index (Phi) is 4.55. The van der Waals surface area contributed by atoms with Gasteiger partial charge in [-0.1, -0.05) is 5.16 Å². The molecule has 168 valence electrons. The molecule has 2 aromatic rings. The van der Waals surface area contributed by atoms with Crippen LogP contribution in [-0.4, -0.2) is 39.7 Å². The third kappa shape index (κ3) is 3.61. The molecule has 0 spiro atoms. The zero-order valence-corrected chi connectivity index (χ0v) is 18.7. The van der Waals surface area contributed by atoms with Gasteiger partial charge in [-0.25, -0.2) is 8.42 Å². The summed E-state index contributed by atoms with van der Waals surface area (Å²) in [5, 5.41) is 4.68. The normalized spacial score (nSPS) is 31.6. The molecule has 1 heterocycles. The number of methoxy groups -OCH3 is 1. The fourth-order valence-electron chi connectivity index (χ4n) is 6.67. The first-order chi connectivity index (χ1) is 14.9. The summed E-state index contributed by atoms with van der Waals surface area (Å²) in [7, 11) is -2.07. The van der Waals surface area contributed by atoms with Gasteiger partial charge in [-0.15, -0.1) is 0 Å². The highest BCUT2D eigenvalue weighted by Gasteiger charge is 2.56. The van der Waals surface area contributed by atoms with E-state index in [0.29, 0.717) is 22.3 Å². The first-order valence-corrected chi connectivity index (χ1v) is 13.1. The van der Waals surface area contributed by atoms with Gasteiger partial charge in [0.2, 0.25) is 10.0 Å². The van der Waals surface area contributed by atoms with Gasteiger partial charge >= 0.3 is 0 Å². The van der Waals surface area contributed by atoms with E-state index in [2.05, 4.69) is 9.88 Å². The molecule has 2 atom stereocenters. The van der Waals surface area contributed by atoms with Crippen LogP contribution in [0.3, 0.4) is 0 Å². The summed E-state index contributed by atoms with van der Waals surface area (Å²) in [5.41, 5.74) is 2.06. The van der Waals surface area contributed by atoms with Crippen molar-refractivity contribution in [3.8, 4) is 5.75 Å². The molecule has 5 aliphatic rings. The Hall–Kier alpha value is -1.80. The molecule has 8 heteroatoms. The fraction of sp³-hybridized carbons (Fsp3) is 0.696. The molecule has 5 aliphatic carbocycles. The number of fused-ring (bicyclic) bond motifs is 1. The number of ether oxygens (including phenoxy) is 2. The van der Waals surface area contributed by atoms with E-state index >= 15 is 0 Å². The Morgan fingerprint density at radius 1 is 1.19 bits per heavy atom. The topological polar surface area (TPSA) is 90.7 Å². The standard InChI is InChI=1S/C23H30N2O5S/c1-28-4-5-31(26,27)25-22-19-8-18(15-2-3-15)20(9-21(19)30-24-22)29-13-23-10-14-6-16(11-23)17(7-14)12-23/h8-9,14-17H,2-7,10-13H2,1H3,(H,24,25). The second kappa shape index (κ2) is 7.10. The minimum atomic E-state index is -3.55.